The highest BCUT2D eigenvalue weighted by atomic mass is 35.5. The molecular weight excluding hydrogens is 450 g/mol. The molecule has 33 heavy (non-hydrogen) atoms. The molecular formula is C24H21ClF2N4O2. The molecule has 4 rings (SSSR count). The molecule has 6 nitrogen and oxygen atoms in total. The van der Waals surface area contributed by atoms with Gasteiger partial charge in [-0.3, -0.25) is 9.36 Å². The number of methoxy groups -OCH3 is 1. The number of piperidine rings is 1. The van der Waals surface area contributed by atoms with Gasteiger partial charge in [-0.1, -0.05) is 30.7 Å². The van der Waals surface area contributed by atoms with Gasteiger partial charge in [-0.05, 0) is 37.0 Å². The summed E-state index contributed by atoms with van der Waals surface area (Å²) < 4.78 is 35.3. The van der Waals surface area contributed by atoms with Crippen molar-refractivity contribution >= 4 is 23.2 Å². The van der Waals surface area contributed by atoms with E-state index in [1.165, 1.54) is 35.9 Å². The highest BCUT2D eigenvalue weighted by Gasteiger charge is 2.29. The minimum Gasteiger partial charge on any atom is -0.494 e. The second-order valence-corrected chi connectivity index (χ2v) is 8.36. The molecule has 1 aromatic heterocycles. The third-order valence-corrected chi connectivity index (χ3v) is 6.04. The number of likely N-dealkylation sites (tertiary alicyclic amines) is 1. The second-order valence-electron chi connectivity index (χ2n) is 8.01. The molecule has 2 aromatic carbocycles. The Balaban J connectivity index is 1.88. The smallest absolute Gasteiger partial charge is 0.275 e. The summed E-state index contributed by atoms with van der Waals surface area (Å²) in [6.07, 6.45) is 1.92. The number of benzene rings is 2. The van der Waals surface area contributed by atoms with Gasteiger partial charge in [0, 0.05) is 24.7 Å². The molecule has 3 aromatic rings. The molecule has 0 unspecified atom stereocenters. The van der Waals surface area contributed by atoms with E-state index in [0.29, 0.717) is 30.3 Å². The van der Waals surface area contributed by atoms with Gasteiger partial charge in [-0.25, -0.2) is 18.6 Å². The van der Waals surface area contributed by atoms with Crippen LogP contribution in [0.1, 0.15) is 30.3 Å². The van der Waals surface area contributed by atoms with Gasteiger partial charge < -0.3 is 9.64 Å². The molecule has 0 saturated carbocycles. The highest BCUT2D eigenvalue weighted by molar-refractivity contribution is 6.33. The second kappa shape index (κ2) is 9.20. The van der Waals surface area contributed by atoms with Crippen LogP contribution in [-0.4, -0.2) is 40.6 Å². The number of amides is 1. The fraction of sp³-hybridized carbons (Fsp3) is 0.292. The standard InChI is InChI=1S/C24H21ClF2N4O2/c1-14-5-4-10-30(13-14)24(32)21-22(25)31(16-7-9-20(33-3)18(27)12-16)23(29-21)15-6-8-19(28-2)17(26)11-15/h6-9,11-12,14H,4-5,10,13H2,1,3H3/t14-/m1/s1. The molecule has 9 heteroatoms. The number of rotatable bonds is 4. The predicted molar refractivity (Wildman–Crippen MR) is 121 cm³/mol. The third-order valence-electron chi connectivity index (χ3n) is 5.69. The SMILES string of the molecule is [C-]#[N+]c1ccc(-c2nc(C(=O)N3CCC[C@@H](C)C3)c(Cl)n2-c2ccc(OC)c(F)c2)cc1F. The molecule has 1 atom stereocenters. The Kier molecular flexibility index (Phi) is 6.34. The van der Waals surface area contributed by atoms with Crippen LogP contribution in [0.3, 0.4) is 0 Å². The van der Waals surface area contributed by atoms with Crippen LogP contribution < -0.4 is 4.74 Å². The van der Waals surface area contributed by atoms with E-state index in [4.69, 9.17) is 22.9 Å². The van der Waals surface area contributed by atoms with E-state index in [1.807, 2.05) is 0 Å². The minimum atomic E-state index is -0.730. The average Bonchev–Trinajstić information content (AvgIpc) is 3.15. The molecule has 1 saturated heterocycles. The van der Waals surface area contributed by atoms with Crippen LogP contribution in [0, 0.1) is 24.1 Å². The lowest BCUT2D eigenvalue weighted by atomic mass is 10.0. The van der Waals surface area contributed by atoms with Crippen molar-refractivity contribution in [3.8, 4) is 22.8 Å². The molecule has 1 aliphatic heterocycles. The maximum Gasteiger partial charge on any atom is 0.275 e. The van der Waals surface area contributed by atoms with Crippen LogP contribution in [0.25, 0.3) is 21.9 Å². The predicted octanol–water partition coefficient (Wildman–Crippen LogP) is 5.90. The van der Waals surface area contributed by atoms with Crippen LogP contribution in [0.15, 0.2) is 36.4 Å². The summed E-state index contributed by atoms with van der Waals surface area (Å²) in [5.74, 6) is -1.13. The van der Waals surface area contributed by atoms with Crippen molar-refractivity contribution in [1.82, 2.24) is 14.5 Å². The number of nitrogens with zero attached hydrogens (tertiary/aromatic N) is 4. The van der Waals surface area contributed by atoms with E-state index >= 15 is 0 Å². The number of hydrogen-bond donors (Lipinski definition) is 0. The van der Waals surface area contributed by atoms with E-state index in [1.54, 1.807) is 11.0 Å². The number of carbonyl (C=O) groups is 1. The molecule has 1 aliphatic rings. The van der Waals surface area contributed by atoms with Gasteiger partial charge in [-0.15, -0.1) is 0 Å². The van der Waals surface area contributed by atoms with Crippen molar-refractivity contribution < 1.29 is 18.3 Å². The van der Waals surface area contributed by atoms with Crippen molar-refractivity contribution in [3.63, 3.8) is 0 Å². The highest BCUT2D eigenvalue weighted by Crippen LogP contribution is 2.34. The maximum atomic E-state index is 14.5. The minimum absolute atomic E-state index is 0.00616. The number of aromatic nitrogens is 2. The Morgan fingerprint density at radius 2 is 2.03 bits per heavy atom. The summed E-state index contributed by atoms with van der Waals surface area (Å²) in [7, 11) is 1.35. The van der Waals surface area contributed by atoms with Crippen molar-refractivity contribution in [1.29, 1.82) is 0 Å². The molecule has 170 valence electrons. The maximum absolute atomic E-state index is 14.5. The van der Waals surface area contributed by atoms with Gasteiger partial charge in [-0.2, -0.15) is 0 Å². The van der Waals surface area contributed by atoms with Gasteiger partial charge >= 0.3 is 0 Å². The zero-order valence-corrected chi connectivity index (χ0v) is 18.9. The first kappa shape index (κ1) is 22.7. The lowest BCUT2D eigenvalue weighted by Crippen LogP contribution is -2.39. The Hall–Kier alpha value is -3.44. The van der Waals surface area contributed by atoms with Crippen molar-refractivity contribution in [3.05, 3.63) is 70.3 Å². The number of ether oxygens (including phenoxy) is 1. The summed E-state index contributed by atoms with van der Waals surface area (Å²) >= 11 is 6.65. The summed E-state index contributed by atoms with van der Waals surface area (Å²) in [5.41, 5.74) is 0.453. The van der Waals surface area contributed by atoms with E-state index in [2.05, 4.69) is 16.8 Å². The van der Waals surface area contributed by atoms with Crippen LogP contribution in [0.2, 0.25) is 5.15 Å². The van der Waals surface area contributed by atoms with E-state index in [0.717, 1.165) is 18.9 Å². The van der Waals surface area contributed by atoms with Crippen molar-refractivity contribution in [2.45, 2.75) is 19.8 Å². The van der Waals surface area contributed by atoms with Gasteiger partial charge in [0.1, 0.15) is 16.8 Å². The van der Waals surface area contributed by atoms with E-state index in [-0.39, 0.29) is 34.0 Å². The van der Waals surface area contributed by atoms with Gasteiger partial charge in [0.15, 0.2) is 17.3 Å². The summed E-state index contributed by atoms with van der Waals surface area (Å²) in [6, 6.07) is 8.20. The Bertz CT molecular complexity index is 1270. The molecule has 0 aliphatic carbocycles. The van der Waals surface area contributed by atoms with E-state index < -0.39 is 11.6 Å². The monoisotopic (exact) mass is 470 g/mol. The quantitative estimate of drug-likeness (QED) is 0.446. The van der Waals surface area contributed by atoms with Crippen LogP contribution >= 0.6 is 11.6 Å². The molecule has 0 N–H and O–H groups in total. The summed E-state index contributed by atoms with van der Waals surface area (Å²) in [4.78, 5) is 22.6. The third kappa shape index (κ3) is 4.29. The summed E-state index contributed by atoms with van der Waals surface area (Å²) in [6.45, 7) is 10.3. The average molecular weight is 471 g/mol. The molecule has 1 amide bonds. The number of carbonyl (C=O) groups excluding carboxylic acids is 1. The fourth-order valence-electron chi connectivity index (χ4n) is 4.02. The zero-order valence-electron chi connectivity index (χ0n) is 18.1. The van der Waals surface area contributed by atoms with Gasteiger partial charge in [0.25, 0.3) is 5.91 Å². The van der Waals surface area contributed by atoms with Crippen LogP contribution in [0.4, 0.5) is 14.5 Å². The molecule has 1 fully saturated rings. The Morgan fingerprint density at radius 1 is 1.24 bits per heavy atom. The Morgan fingerprint density at radius 3 is 2.67 bits per heavy atom. The Labute approximate surface area is 195 Å². The lowest BCUT2D eigenvalue weighted by Gasteiger charge is -2.30. The molecule has 0 bridgehead atoms. The van der Waals surface area contributed by atoms with Crippen molar-refractivity contribution in [2.24, 2.45) is 5.92 Å². The first-order valence-corrected chi connectivity index (χ1v) is 10.8. The zero-order chi connectivity index (χ0) is 23.7. The first-order chi connectivity index (χ1) is 15.8. The van der Waals surface area contributed by atoms with Crippen molar-refractivity contribution in [2.75, 3.05) is 20.2 Å². The van der Waals surface area contributed by atoms with Gasteiger partial charge in [0.2, 0.25) is 5.69 Å². The molecule has 0 radical (unpaired) electrons. The normalized spacial score (nSPS) is 15.9. The number of hydrogen-bond acceptors (Lipinski definition) is 3. The fourth-order valence-corrected chi connectivity index (χ4v) is 4.32. The molecule has 0 spiro atoms. The number of halogens is 3. The topological polar surface area (TPSA) is 51.7 Å². The van der Waals surface area contributed by atoms with Gasteiger partial charge in [0.05, 0.1) is 19.4 Å². The first-order valence-electron chi connectivity index (χ1n) is 10.4. The van der Waals surface area contributed by atoms with Crippen LogP contribution in [0.5, 0.6) is 5.75 Å². The lowest BCUT2D eigenvalue weighted by molar-refractivity contribution is 0.0678. The van der Waals surface area contributed by atoms with Crippen LogP contribution in [-0.2, 0) is 0 Å². The number of imidazole rings is 1. The largest absolute Gasteiger partial charge is 0.494 e. The molecule has 2 heterocycles. The summed E-state index contributed by atoms with van der Waals surface area (Å²) in [5, 5.41) is -0.00698. The van der Waals surface area contributed by atoms with E-state index in [9.17, 15) is 13.6 Å².